The standard InChI is InChI=1S/C26H34N6O/c1-2-31-14-16-32(17-15-31)22-10-8-21(9-11-22)29-26-28-18-19-4-3-5-24(25(19)30-26)33-23-12-6-20(27)7-13-23/h3-5,8-11,18,20,23H,2,6-7,12-17,27H2,1H3,(H,28,29,30). The summed E-state index contributed by atoms with van der Waals surface area (Å²) in [6.45, 7) is 7.75. The van der Waals surface area contributed by atoms with Gasteiger partial charge in [-0.25, -0.2) is 9.97 Å². The molecule has 2 aliphatic rings. The molecule has 1 aliphatic carbocycles. The van der Waals surface area contributed by atoms with Gasteiger partial charge in [0.15, 0.2) is 0 Å². The number of aromatic nitrogens is 2. The van der Waals surface area contributed by atoms with Crippen molar-refractivity contribution in [3.63, 3.8) is 0 Å². The lowest BCUT2D eigenvalue weighted by atomic mass is 9.94. The van der Waals surface area contributed by atoms with Crippen molar-refractivity contribution in [2.75, 3.05) is 42.9 Å². The smallest absolute Gasteiger partial charge is 0.227 e. The van der Waals surface area contributed by atoms with Crippen LogP contribution in [0.1, 0.15) is 32.6 Å². The van der Waals surface area contributed by atoms with Crippen molar-refractivity contribution >= 4 is 28.2 Å². The van der Waals surface area contributed by atoms with E-state index in [9.17, 15) is 0 Å². The lowest BCUT2D eigenvalue weighted by molar-refractivity contribution is 0.149. The highest BCUT2D eigenvalue weighted by atomic mass is 16.5. The van der Waals surface area contributed by atoms with Crippen LogP contribution in [0.5, 0.6) is 5.75 Å². The molecule has 0 bridgehead atoms. The molecular weight excluding hydrogens is 412 g/mol. The summed E-state index contributed by atoms with van der Waals surface area (Å²) in [5, 5.41) is 4.34. The Morgan fingerprint density at radius 3 is 2.48 bits per heavy atom. The molecule has 0 unspecified atom stereocenters. The number of piperazine rings is 1. The summed E-state index contributed by atoms with van der Waals surface area (Å²) in [7, 11) is 0. The van der Waals surface area contributed by atoms with Crippen LogP contribution in [0.25, 0.3) is 10.9 Å². The van der Waals surface area contributed by atoms with E-state index >= 15 is 0 Å². The molecule has 5 rings (SSSR count). The summed E-state index contributed by atoms with van der Waals surface area (Å²) in [5.74, 6) is 1.40. The summed E-state index contributed by atoms with van der Waals surface area (Å²) in [5.41, 5.74) is 9.13. The van der Waals surface area contributed by atoms with Gasteiger partial charge in [0.2, 0.25) is 5.95 Å². The Labute approximate surface area is 196 Å². The van der Waals surface area contributed by atoms with Crippen molar-refractivity contribution in [3.05, 3.63) is 48.7 Å². The molecule has 1 aromatic heterocycles. The minimum absolute atomic E-state index is 0.202. The van der Waals surface area contributed by atoms with Gasteiger partial charge in [0.05, 0.1) is 6.10 Å². The lowest BCUT2D eigenvalue weighted by Crippen LogP contribution is -2.46. The highest BCUT2D eigenvalue weighted by Crippen LogP contribution is 2.29. The van der Waals surface area contributed by atoms with Crippen LogP contribution in [0.2, 0.25) is 0 Å². The van der Waals surface area contributed by atoms with E-state index in [1.165, 1.54) is 5.69 Å². The number of nitrogens with zero attached hydrogens (tertiary/aromatic N) is 4. The Kier molecular flexibility index (Phi) is 6.60. The monoisotopic (exact) mass is 446 g/mol. The Morgan fingerprint density at radius 1 is 1.00 bits per heavy atom. The number of likely N-dealkylation sites (N-methyl/N-ethyl adjacent to an activating group) is 1. The molecule has 33 heavy (non-hydrogen) atoms. The van der Waals surface area contributed by atoms with Crippen LogP contribution in [0.3, 0.4) is 0 Å². The van der Waals surface area contributed by atoms with Gasteiger partial charge in [0.1, 0.15) is 11.3 Å². The summed E-state index contributed by atoms with van der Waals surface area (Å²) < 4.78 is 6.34. The number of nitrogens with two attached hydrogens (primary N) is 1. The second kappa shape index (κ2) is 9.93. The van der Waals surface area contributed by atoms with E-state index in [0.717, 1.165) is 80.7 Å². The van der Waals surface area contributed by atoms with Crippen LogP contribution >= 0.6 is 0 Å². The fraction of sp³-hybridized carbons (Fsp3) is 0.462. The van der Waals surface area contributed by atoms with Crippen LogP contribution in [-0.4, -0.2) is 59.7 Å². The van der Waals surface area contributed by atoms with Gasteiger partial charge in [0, 0.05) is 55.2 Å². The maximum absolute atomic E-state index is 6.34. The largest absolute Gasteiger partial charge is 0.488 e. The van der Waals surface area contributed by atoms with Gasteiger partial charge in [0.25, 0.3) is 0 Å². The second-order valence-corrected chi connectivity index (χ2v) is 9.14. The van der Waals surface area contributed by atoms with Gasteiger partial charge in [-0.15, -0.1) is 0 Å². The summed E-state index contributed by atoms with van der Waals surface area (Å²) in [4.78, 5) is 14.3. The summed E-state index contributed by atoms with van der Waals surface area (Å²) >= 11 is 0. The summed E-state index contributed by atoms with van der Waals surface area (Å²) in [6, 6.07) is 14.9. The fourth-order valence-corrected chi connectivity index (χ4v) is 4.78. The fourth-order valence-electron chi connectivity index (χ4n) is 4.78. The van der Waals surface area contributed by atoms with E-state index in [4.69, 9.17) is 15.5 Å². The van der Waals surface area contributed by atoms with Crippen LogP contribution in [-0.2, 0) is 0 Å². The molecule has 2 fully saturated rings. The van der Waals surface area contributed by atoms with E-state index in [1.54, 1.807) is 0 Å². The zero-order chi connectivity index (χ0) is 22.6. The van der Waals surface area contributed by atoms with Crippen LogP contribution in [0, 0.1) is 0 Å². The number of hydrogen-bond acceptors (Lipinski definition) is 7. The average Bonchev–Trinajstić information content (AvgIpc) is 2.86. The molecule has 2 heterocycles. The first kappa shape index (κ1) is 21.9. The van der Waals surface area contributed by atoms with Gasteiger partial charge in [-0.05, 0) is 62.6 Å². The second-order valence-electron chi connectivity index (χ2n) is 9.14. The van der Waals surface area contributed by atoms with Crippen molar-refractivity contribution in [1.82, 2.24) is 14.9 Å². The molecule has 0 spiro atoms. The third-order valence-electron chi connectivity index (χ3n) is 6.89. The predicted octanol–water partition coefficient (Wildman–Crippen LogP) is 4.16. The Hall–Kier alpha value is -2.90. The molecule has 7 nitrogen and oxygen atoms in total. The average molecular weight is 447 g/mol. The molecule has 1 aliphatic heterocycles. The molecule has 2 aromatic carbocycles. The third-order valence-corrected chi connectivity index (χ3v) is 6.89. The molecule has 1 saturated carbocycles. The lowest BCUT2D eigenvalue weighted by Gasteiger charge is -2.35. The van der Waals surface area contributed by atoms with Crippen molar-refractivity contribution in [3.8, 4) is 5.75 Å². The van der Waals surface area contributed by atoms with Gasteiger partial charge in [-0.2, -0.15) is 0 Å². The van der Waals surface area contributed by atoms with Gasteiger partial charge in [-0.3, -0.25) is 0 Å². The number of nitrogens with one attached hydrogen (secondary N) is 1. The first-order valence-corrected chi connectivity index (χ1v) is 12.2. The first-order chi connectivity index (χ1) is 16.2. The Balaban J connectivity index is 1.28. The maximum Gasteiger partial charge on any atom is 0.227 e. The topological polar surface area (TPSA) is 79.5 Å². The number of rotatable bonds is 6. The first-order valence-electron chi connectivity index (χ1n) is 12.2. The number of fused-ring (bicyclic) bond motifs is 1. The summed E-state index contributed by atoms with van der Waals surface area (Å²) in [6.07, 6.45) is 6.08. The van der Waals surface area contributed by atoms with Gasteiger partial charge < -0.3 is 25.6 Å². The Bertz CT molecular complexity index is 1060. The molecule has 7 heteroatoms. The highest BCUT2D eigenvalue weighted by molar-refractivity contribution is 5.85. The van der Waals surface area contributed by atoms with Crippen LogP contribution in [0.4, 0.5) is 17.3 Å². The third kappa shape index (κ3) is 5.20. The molecule has 0 atom stereocenters. The number of ether oxygens (including phenoxy) is 1. The molecule has 0 amide bonds. The van der Waals surface area contributed by atoms with Gasteiger partial charge >= 0.3 is 0 Å². The van der Waals surface area contributed by atoms with Crippen molar-refractivity contribution in [1.29, 1.82) is 0 Å². The predicted molar refractivity (Wildman–Crippen MR) is 134 cm³/mol. The number of anilines is 3. The number of hydrogen-bond donors (Lipinski definition) is 2. The molecule has 3 aromatic rings. The molecular formula is C26H34N6O. The quantitative estimate of drug-likeness (QED) is 0.588. The number of para-hydroxylation sites is 1. The van der Waals surface area contributed by atoms with E-state index in [0.29, 0.717) is 12.0 Å². The molecule has 1 saturated heterocycles. The number of benzene rings is 2. The SMILES string of the molecule is CCN1CCN(c2ccc(Nc3ncc4cccc(OC5CCC(N)CC5)c4n3)cc2)CC1. The van der Waals surface area contributed by atoms with E-state index in [-0.39, 0.29) is 6.10 Å². The zero-order valence-corrected chi connectivity index (χ0v) is 19.4. The van der Waals surface area contributed by atoms with E-state index in [2.05, 4.69) is 51.3 Å². The van der Waals surface area contributed by atoms with Crippen LogP contribution < -0.4 is 20.7 Å². The van der Waals surface area contributed by atoms with E-state index in [1.807, 2.05) is 24.4 Å². The zero-order valence-electron chi connectivity index (χ0n) is 19.4. The van der Waals surface area contributed by atoms with E-state index < -0.39 is 0 Å². The normalized spacial score (nSPS) is 21.8. The van der Waals surface area contributed by atoms with Crippen molar-refractivity contribution in [2.24, 2.45) is 5.73 Å². The maximum atomic E-state index is 6.34. The molecule has 0 radical (unpaired) electrons. The minimum Gasteiger partial charge on any atom is -0.488 e. The molecule has 3 N–H and O–H groups in total. The highest BCUT2D eigenvalue weighted by Gasteiger charge is 2.21. The Morgan fingerprint density at radius 2 is 1.76 bits per heavy atom. The minimum atomic E-state index is 0.202. The van der Waals surface area contributed by atoms with Gasteiger partial charge in [-0.1, -0.05) is 19.1 Å². The van der Waals surface area contributed by atoms with Crippen molar-refractivity contribution < 1.29 is 4.74 Å². The molecule has 174 valence electrons. The van der Waals surface area contributed by atoms with Crippen LogP contribution in [0.15, 0.2) is 48.7 Å². The van der Waals surface area contributed by atoms with Crippen molar-refractivity contribution in [2.45, 2.75) is 44.8 Å².